The largest absolute Gasteiger partial charge is 0.487 e. The zero-order valence-corrected chi connectivity index (χ0v) is 15.0. The zero-order chi connectivity index (χ0) is 15.6. The quantitative estimate of drug-likeness (QED) is 0.787. The first-order valence-corrected chi connectivity index (χ1v) is 8.07. The molecule has 1 heterocycles. The van der Waals surface area contributed by atoms with Crippen molar-refractivity contribution in [2.45, 2.75) is 53.2 Å². The number of benzene rings is 1. The minimum atomic E-state index is 0.127. The molecule has 2 aromatic rings. The van der Waals surface area contributed by atoms with E-state index in [9.17, 15) is 0 Å². The summed E-state index contributed by atoms with van der Waals surface area (Å²) in [6.45, 7) is 12.1. The first kappa shape index (κ1) is 16.1. The molecular weight excluding hydrogens is 328 g/mol. The molecule has 0 fully saturated rings. The number of aryl methyl sites for hydroxylation is 2. The molecule has 4 heteroatoms. The summed E-state index contributed by atoms with van der Waals surface area (Å²) < 4.78 is 8.99. The van der Waals surface area contributed by atoms with Gasteiger partial charge < -0.3 is 4.74 Å². The molecule has 0 saturated heterocycles. The summed E-state index contributed by atoms with van der Waals surface area (Å²) in [6, 6.07) is 8.31. The van der Waals surface area contributed by atoms with Crippen LogP contribution in [-0.4, -0.2) is 9.78 Å². The van der Waals surface area contributed by atoms with E-state index in [1.165, 1.54) is 5.56 Å². The van der Waals surface area contributed by atoms with Gasteiger partial charge in [0.05, 0.1) is 15.9 Å². The minimum Gasteiger partial charge on any atom is -0.487 e. The van der Waals surface area contributed by atoms with Crippen LogP contribution in [-0.2, 0) is 18.6 Å². The zero-order valence-electron chi connectivity index (χ0n) is 13.4. The fourth-order valence-electron chi connectivity index (χ4n) is 2.21. The van der Waals surface area contributed by atoms with Crippen LogP contribution in [0, 0.1) is 6.92 Å². The maximum absolute atomic E-state index is 5.97. The van der Waals surface area contributed by atoms with Crippen LogP contribution in [0.3, 0.4) is 0 Å². The lowest BCUT2D eigenvalue weighted by Gasteiger charge is -2.19. The van der Waals surface area contributed by atoms with Crippen LogP contribution < -0.4 is 4.74 Å². The monoisotopic (exact) mass is 350 g/mol. The van der Waals surface area contributed by atoms with Gasteiger partial charge in [-0.1, -0.05) is 32.9 Å². The summed E-state index contributed by atoms with van der Waals surface area (Å²) in [5, 5.41) is 4.49. The predicted octanol–water partition coefficient (Wildman–Crippen LogP) is 4.85. The number of aromatic nitrogens is 2. The van der Waals surface area contributed by atoms with Crippen molar-refractivity contribution in [2.75, 3.05) is 0 Å². The van der Waals surface area contributed by atoms with Crippen molar-refractivity contribution in [1.82, 2.24) is 9.78 Å². The normalized spacial score (nSPS) is 11.7. The van der Waals surface area contributed by atoms with Gasteiger partial charge in [0.15, 0.2) is 0 Å². The van der Waals surface area contributed by atoms with Gasteiger partial charge in [0.2, 0.25) is 0 Å². The summed E-state index contributed by atoms with van der Waals surface area (Å²) in [5.41, 5.74) is 3.48. The van der Waals surface area contributed by atoms with Crippen LogP contribution in [0.15, 0.2) is 28.7 Å². The summed E-state index contributed by atoms with van der Waals surface area (Å²) in [4.78, 5) is 0. The SMILES string of the molecule is CCn1nc(C)c(Br)c1COc1cccc(C(C)(C)C)c1. The highest BCUT2D eigenvalue weighted by Crippen LogP contribution is 2.27. The number of ether oxygens (including phenoxy) is 1. The summed E-state index contributed by atoms with van der Waals surface area (Å²) in [7, 11) is 0. The molecular formula is C17H23BrN2O. The van der Waals surface area contributed by atoms with Crippen LogP contribution in [0.1, 0.15) is 44.6 Å². The van der Waals surface area contributed by atoms with Crippen molar-refractivity contribution in [2.24, 2.45) is 0 Å². The van der Waals surface area contributed by atoms with Crippen LogP contribution in [0.25, 0.3) is 0 Å². The van der Waals surface area contributed by atoms with Crippen LogP contribution in [0.5, 0.6) is 5.75 Å². The average Bonchev–Trinajstić information content (AvgIpc) is 2.71. The van der Waals surface area contributed by atoms with E-state index < -0.39 is 0 Å². The Morgan fingerprint density at radius 1 is 1.29 bits per heavy atom. The molecule has 1 aromatic carbocycles. The number of hydrogen-bond donors (Lipinski definition) is 0. The Kier molecular flexibility index (Phi) is 4.77. The van der Waals surface area contributed by atoms with E-state index in [-0.39, 0.29) is 5.41 Å². The number of hydrogen-bond acceptors (Lipinski definition) is 2. The van der Waals surface area contributed by atoms with Gasteiger partial charge in [-0.15, -0.1) is 0 Å². The summed E-state index contributed by atoms with van der Waals surface area (Å²) >= 11 is 3.60. The summed E-state index contributed by atoms with van der Waals surface area (Å²) in [5.74, 6) is 0.899. The molecule has 0 radical (unpaired) electrons. The van der Waals surface area contributed by atoms with E-state index >= 15 is 0 Å². The van der Waals surface area contributed by atoms with Crippen molar-refractivity contribution in [3.8, 4) is 5.75 Å². The van der Waals surface area contributed by atoms with Crippen molar-refractivity contribution in [3.05, 3.63) is 45.7 Å². The lowest BCUT2D eigenvalue weighted by atomic mass is 9.87. The van der Waals surface area contributed by atoms with Gasteiger partial charge in [-0.05, 0) is 52.9 Å². The Balaban J connectivity index is 2.17. The second-order valence-electron chi connectivity index (χ2n) is 6.23. The number of nitrogens with zero attached hydrogens (tertiary/aromatic N) is 2. The Morgan fingerprint density at radius 3 is 2.62 bits per heavy atom. The molecule has 0 amide bonds. The van der Waals surface area contributed by atoms with E-state index in [1.54, 1.807) is 0 Å². The van der Waals surface area contributed by atoms with Crippen LogP contribution >= 0.6 is 15.9 Å². The van der Waals surface area contributed by atoms with Gasteiger partial charge in [0.1, 0.15) is 12.4 Å². The number of halogens is 1. The Bertz CT molecular complexity index is 626. The molecule has 0 atom stereocenters. The van der Waals surface area contributed by atoms with E-state index in [0.29, 0.717) is 6.61 Å². The molecule has 21 heavy (non-hydrogen) atoms. The van der Waals surface area contributed by atoms with E-state index in [2.05, 4.69) is 60.9 Å². The Labute approximate surface area is 135 Å². The average molecular weight is 351 g/mol. The van der Waals surface area contributed by atoms with E-state index in [1.807, 2.05) is 23.7 Å². The standard InChI is InChI=1S/C17H23BrN2O/c1-6-20-15(16(18)12(2)19-20)11-21-14-9-7-8-13(10-14)17(3,4)5/h7-10H,6,11H2,1-5H3. The molecule has 0 unspecified atom stereocenters. The highest BCUT2D eigenvalue weighted by atomic mass is 79.9. The molecule has 114 valence electrons. The first-order valence-electron chi connectivity index (χ1n) is 7.28. The molecule has 0 bridgehead atoms. The van der Waals surface area contributed by atoms with Gasteiger partial charge in [-0.3, -0.25) is 4.68 Å². The Morgan fingerprint density at radius 2 is 2.00 bits per heavy atom. The third-order valence-electron chi connectivity index (χ3n) is 3.53. The lowest BCUT2D eigenvalue weighted by molar-refractivity contribution is 0.291. The topological polar surface area (TPSA) is 27.1 Å². The lowest BCUT2D eigenvalue weighted by Crippen LogP contribution is -2.11. The molecule has 0 N–H and O–H groups in total. The van der Waals surface area contributed by atoms with Crippen molar-refractivity contribution < 1.29 is 4.74 Å². The van der Waals surface area contributed by atoms with Crippen LogP contribution in [0.4, 0.5) is 0 Å². The van der Waals surface area contributed by atoms with Crippen molar-refractivity contribution in [1.29, 1.82) is 0 Å². The van der Waals surface area contributed by atoms with Gasteiger partial charge in [0, 0.05) is 6.54 Å². The number of rotatable bonds is 4. The van der Waals surface area contributed by atoms with Crippen molar-refractivity contribution in [3.63, 3.8) is 0 Å². The highest BCUT2D eigenvalue weighted by molar-refractivity contribution is 9.10. The Hall–Kier alpha value is -1.29. The maximum Gasteiger partial charge on any atom is 0.131 e. The fraction of sp³-hybridized carbons (Fsp3) is 0.471. The second kappa shape index (κ2) is 6.22. The summed E-state index contributed by atoms with van der Waals surface area (Å²) in [6.07, 6.45) is 0. The second-order valence-corrected chi connectivity index (χ2v) is 7.02. The molecule has 0 aliphatic heterocycles. The maximum atomic E-state index is 5.97. The fourth-order valence-corrected chi connectivity index (χ4v) is 2.61. The van der Waals surface area contributed by atoms with Gasteiger partial charge >= 0.3 is 0 Å². The molecule has 1 aromatic heterocycles. The molecule has 0 spiro atoms. The van der Waals surface area contributed by atoms with Crippen LogP contribution in [0.2, 0.25) is 0 Å². The highest BCUT2D eigenvalue weighted by Gasteiger charge is 2.15. The minimum absolute atomic E-state index is 0.127. The predicted molar refractivity (Wildman–Crippen MR) is 89.8 cm³/mol. The van der Waals surface area contributed by atoms with Gasteiger partial charge in [-0.2, -0.15) is 5.10 Å². The van der Waals surface area contributed by atoms with Crippen molar-refractivity contribution >= 4 is 15.9 Å². The molecule has 0 aliphatic rings. The molecule has 0 saturated carbocycles. The van der Waals surface area contributed by atoms with E-state index in [4.69, 9.17) is 4.74 Å². The molecule has 3 nitrogen and oxygen atoms in total. The molecule has 2 rings (SSSR count). The van der Waals surface area contributed by atoms with Gasteiger partial charge in [0.25, 0.3) is 0 Å². The molecule has 0 aliphatic carbocycles. The van der Waals surface area contributed by atoms with Gasteiger partial charge in [-0.25, -0.2) is 0 Å². The third-order valence-corrected chi connectivity index (χ3v) is 4.56. The third kappa shape index (κ3) is 3.67. The smallest absolute Gasteiger partial charge is 0.131 e. The van der Waals surface area contributed by atoms with E-state index in [0.717, 1.165) is 28.2 Å². The first-order chi connectivity index (χ1) is 9.82.